The number of hydrogen-bond donors (Lipinski definition) is 3. The van der Waals surface area contributed by atoms with E-state index in [-0.39, 0.29) is 34.6 Å². The lowest BCUT2D eigenvalue weighted by molar-refractivity contribution is 0.0210. The smallest absolute Gasteiger partial charge is 0.274 e. The number of aromatic nitrogens is 5. The Hall–Kier alpha value is -2.98. The lowest BCUT2D eigenvalue weighted by atomic mass is 9.91. The fraction of sp³-hybridized carbons (Fsp3) is 0.478. The van der Waals surface area contributed by atoms with Crippen molar-refractivity contribution in [3.05, 3.63) is 52.6 Å². The first-order chi connectivity index (χ1) is 16.2. The standard InChI is InChI=1S/C23H27ClFN7O2/c1-3-32-21(29-22(26)30-32)23(34)9-13-6-12(7-14(13)10-23)18-19(31(2)11-27-18)20(33)28-15-4-5-17(25)16(24)8-15/h4-5,8,11-14,34H,3,6-7,9-10H2,1-2H3,(H2,26,30)(H,28,33). The largest absolute Gasteiger partial charge is 0.382 e. The molecule has 0 bridgehead atoms. The van der Waals surface area contributed by atoms with Gasteiger partial charge in [0.25, 0.3) is 5.91 Å². The van der Waals surface area contributed by atoms with E-state index in [0.717, 1.165) is 18.5 Å². The number of nitrogens with zero attached hydrogens (tertiary/aromatic N) is 5. The van der Waals surface area contributed by atoms with Crippen molar-refractivity contribution >= 4 is 29.1 Å². The zero-order valence-corrected chi connectivity index (χ0v) is 19.8. The van der Waals surface area contributed by atoms with Crippen molar-refractivity contribution in [1.82, 2.24) is 24.3 Å². The molecule has 0 aliphatic heterocycles. The van der Waals surface area contributed by atoms with Crippen LogP contribution in [0.2, 0.25) is 5.02 Å². The Morgan fingerprint density at radius 3 is 2.71 bits per heavy atom. The number of carbonyl (C=O) groups is 1. The minimum absolute atomic E-state index is 0.0557. The van der Waals surface area contributed by atoms with Crippen molar-refractivity contribution in [1.29, 1.82) is 0 Å². The number of nitrogens with one attached hydrogen (secondary N) is 1. The molecule has 2 aliphatic carbocycles. The molecule has 0 spiro atoms. The van der Waals surface area contributed by atoms with E-state index < -0.39 is 11.4 Å². The van der Waals surface area contributed by atoms with E-state index in [9.17, 15) is 14.3 Å². The van der Waals surface area contributed by atoms with Gasteiger partial charge in [0.1, 0.15) is 17.1 Å². The molecule has 34 heavy (non-hydrogen) atoms. The number of hydrogen-bond acceptors (Lipinski definition) is 6. The lowest BCUT2D eigenvalue weighted by Crippen LogP contribution is -2.28. The van der Waals surface area contributed by atoms with Gasteiger partial charge in [0.2, 0.25) is 5.95 Å². The summed E-state index contributed by atoms with van der Waals surface area (Å²) >= 11 is 5.85. The number of aryl methyl sites for hydroxylation is 2. The number of amides is 1. The third-order valence-corrected chi connectivity index (χ3v) is 7.48. The molecule has 2 fully saturated rings. The van der Waals surface area contributed by atoms with Crippen molar-refractivity contribution in [3.8, 4) is 0 Å². The zero-order valence-electron chi connectivity index (χ0n) is 19.0. The first kappa shape index (κ1) is 22.8. The number of carbonyl (C=O) groups excluding carboxylic acids is 1. The van der Waals surface area contributed by atoms with Crippen molar-refractivity contribution in [2.45, 2.75) is 50.7 Å². The minimum atomic E-state index is -1.05. The Balaban J connectivity index is 1.33. The SMILES string of the molecule is CCn1nc(N)nc1C1(O)CC2CC(c3ncn(C)c3C(=O)Nc3ccc(F)c(Cl)c3)CC2C1. The van der Waals surface area contributed by atoms with E-state index >= 15 is 0 Å². The maximum Gasteiger partial charge on any atom is 0.274 e. The maximum absolute atomic E-state index is 13.5. The average molecular weight is 488 g/mol. The van der Waals surface area contributed by atoms with Gasteiger partial charge in [0, 0.05) is 25.2 Å². The number of nitrogen functional groups attached to an aromatic ring is 1. The summed E-state index contributed by atoms with van der Waals surface area (Å²) in [6, 6.07) is 4.07. The second-order valence-corrected chi connectivity index (χ2v) is 9.82. The predicted octanol–water partition coefficient (Wildman–Crippen LogP) is 3.45. The van der Waals surface area contributed by atoms with Gasteiger partial charge in [0.15, 0.2) is 5.82 Å². The topological polar surface area (TPSA) is 124 Å². The molecule has 0 radical (unpaired) electrons. The Kier molecular flexibility index (Phi) is 5.60. The number of nitrogens with two attached hydrogens (primary N) is 1. The molecular weight excluding hydrogens is 461 g/mol. The van der Waals surface area contributed by atoms with Crippen LogP contribution in [0.1, 0.15) is 60.5 Å². The van der Waals surface area contributed by atoms with Crippen LogP contribution in [0.25, 0.3) is 0 Å². The highest BCUT2D eigenvalue weighted by molar-refractivity contribution is 6.31. The monoisotopic (exact) mass is 487 g/mol. The summed E-state index contributed by atoms with van der Waals surface area (Å²) < 4.78 is 16.8. The lowest BCUT2D eigenvalue weighted by Gasteiger charge is -2.24. The molecule has 11 heteroatoms. The number of halogens is 2. The minimum Gasteiger partial charge on any atom is -0.382 e. The highest BCUT2D eigenvalue weighted by Crippen LogP contribution is 2.56. The van der Waals surface area contributed by atoms with Crippen molar-refractivity contribution in [2.24, 2.45) is 18.9 Å². The summed E-state index contributed by atoms with van der Waals surface area (Å²) in [6.45, 7) is 2.53. The van der Waals surface area contributed by atoms with Crippen LogP contribution in [0.15, 0.2) is 24.5 Å². The first-order valence-electron chi connectivity index (χ1n) is 11.4. The number of anilines is 2. The molecule has 3 aromatic rings. The van der Waals surface area contributed by atoms with Crippen LogP contribution >= 0.6 is 11.6 Å². The molecule has 2 saturated carbocycles. The van der Waals surface area contributed by atoms with Gasteiger partial charge in [-0.25, -0.2) is 14.1 Å². The summed E-state index contributed by atoms with van der Waals surface area (Å²) in [5, 5.41) is 18.3. The molecule has 4 N–H and O–H groups in total. The number of fused-ring (bicyclic) bond motifs is 1. The van der Waals surface area contributed by atoms with Crippen LogP contribution in [-0.4, -0.2) is 35.3 Å². The van der Waals surface area contributed by atoms with E-state index in [0.29, 0.717) is 36.6 Å². The number of rotatable bonds is 5. The normalized spacial score (nSPS) is 26.1. The Bertz CT molecular complexity index is 1240. The highest BCUT2D eigenvalue weighted by Gasteiger charge is 2.52. The highest BCUT2D eigenvalue weighted by atomic mass is 35.5. The maximum atomic E-state index is 13.5. The van der Waals surface area contributed by atoms with E-state index in [1.165, 1.54) is 18.2 Å². The summed E-state index contributed by atoms with van der Waals surface area (Å²) in [5.74, 6) is 0.517. The number of aliphatic hydroxyl groups is 1. The number of imidazole rings is 1. The Labute approximate surface area is 201 Å². The van der Waals surface area contributed by atoms with Gasteiger partial charge >= 0.3 is 0 Å². The predicted molar refractivity (Wildman–Crippen MR) is 125 cm³/mol. The van der Waals surface area contributed by atoms with Gasteiger partial charge in [-0.15, -0.1) is 5.10 Å². The van der Waals surface area contributed by atoms with Gasteiger partial charge in [-0.2, -0.15) is 4.98 Å². The van der Waals surface area contributed by atoms with E-state index in [1.54, 1.807) is 22.6 Å². The van der Waals surface area contributed by atoms with Gasteiger partial charge in [-0.1, -0.05) is 11.6 Å². The quantitative estimate of drug-likeness (QED) is 0.506. The molecule has 5 rings (SSSR count). The van der Waals surface area contributed by atoms with Crippen molar-refractivity contribution < 1.29 is 14.3 Å². The summed E-state index contributed by atoms with van der Waals surface area (Å²) in [7, 11) is 1.78. The molecule has 9 nitrogen and oxygen atoms in total. The molecular formula is C23H27ClFN7O2. The van der Waals surface area contributed by atoms with Crippen LogP contribution in [0.3, 0.4) is 0 Å². The fourth-order valence-corrected chi connectivity index (χ4v) is 5.96. The third-order valence-electron chi connectivity index (χ3n) is 7.19. The average Bonchev–Trinajstić information content (AvgIpc) is 3.52. The molecule has 1 aromatic carbocycles. The molecule has 2 aromatic heterocycles. The van der Waals surface area contributed by atoms with Crippen LogP contribution in [0.4, 0.5) is 16.0 Å². The van der Waals surface area contributed by atoms with Crippen molar-refractivity contribution in [3.63, 3.8) is 0 Å². The first-order valence-corrected chi connectivity index (χ1v) is 11.8. The van der Waals surface area contributed by atoms with E-state index in [4.69, 9.17) is 17.3 Å². The summed E-state index contributed by atoms with van der Waals surface area (Å²) in [5.41, 5.74) is 6.36. The molecule has 180 valence electrons. The van der Waals surface area contributed by atoms with Crippen LogP contribution in [-0.2, 0) is 19.2 Å². The summed E-state index contributed by atoms with van der Waals surface area (Å²) in [6.07, 6.45) is 4.44. The molecule has 1 amide bonds. The van der Waals surface area contributed by atoms with Crippen LogP contribution < -0.4 is 11.1 Å². The second kappa shape index (κ2) is 8.35. The Morgan fingerprint density at radius 1 is 1.35 bits per heavy atom. The second-order valence-electron chi connectivity index (χ2n) is 9.41. The van der Waals surface area contributed by atoms with Gasteiger partial charge in [-0.05, 0) is 62.6 Å². The van der Waals surface area contributed by atoms with E-state index in [1.807, 2.05) is 6.92 Å². The molecule has 2 aliphatic rings. The van der Waals surface area contributed by atoms with Gasteiger partial charge < -0.3 is 20.7 Å². The third kappa shape index (κ3) is 3.84. The fourth-order valence-electron chi connectivity index (χ4n) is 5.78. The molecule has 2 heterocycles. The van der Waals surface area contributed by atoms with Crippen LogP contribution in [0, 0.1) is 17.7 Å². The number of benzene rings is 1. The Morgan fingerprint density at radius 2 is 2.06 bits per heavy atom. The molecule has 0 saturated heterocycles. The van der Waals surface area contributed by atoms with Crippen LogP contribution in [0.5, 0.6) is 0 Å². The van der Waals surface area contributed by atoms with Gasteiger partial charge in [-0.3, -0.25) is 4.79 Å². The molecule has 2 atom stereocenters. The van der Waals surface area contributed by atoms with Crippen molar-refractivity contribution in [2.75, 3.05) is 11.1 Å². The van der Waals surface area contributed by atoms with Gasteiger partial charge in [0.05, 0.1) is 17.0 Å². The molecule has 2 unspecified atom stereocenters. The zero-order chi connectivity index (χ0) is 24.2. The van der Waals surface area contributed by atoms with E-state index in [2.05, 4.69) is 20.4 Å². The summed E-state index contributed by atoms with van der Waals surface area (Å²) in [4.78, 5) is 22.0.